The zero-order valence-electron chi connectivity index (χ0n) is 7.43. The lowest BCUT2D eigenvalue weighted by atomic mass is 10.2. The van der Waals surface area contributed by atoms with Crippen LogP contribution in [-0.4, -0.2) is 9.91 Å². The Bertz CT molecular complexity index is 410. The zero-order valence-corrected chi connectivity index (χ0v) is 7.43. The Morgan fingerprint density at radius 2 is 2.29 bits per heavy atom. The highest BCUT2D eigenvalue weighted by atomic mass is 16.6. The first-order valence-electron chi connectivity index (χ1n) is 4.38. The van der Waals surface area contributed by atoms with Gasteiger partial charge < -0.3 is 10.1 Å². The van der Waals surface area contributed by atoms with Gasteiger partial charge in [0.1, 0.15) is 0 Å². The van der Waals surface area contributed by atoms with E-state index in [1.807, 2.05) is 0 Å². The van der Waals surface area contributed by atoms with Crippen LogP contribution >= 0.6 is 0 Å². The number of pyridine rings is 1. The molecule has 0 spiro atoms. The van der Waals surface area contributed by atoms with Crippen LogP contribution < -0.4 is 0 Å². The maximum atomic E-state index is 10.3. The van der Waals surface area contributed by atoms with E-state index in [9.17, 15) is 10.1 Å². The maximum Gasteiger partial charge on any atom is 0.363 e. The quantitative estimate of drug-likeness (QED) is 0.383. The van der Waals surface area contributed by atoms with Crippen LogP contribution in [0.5, 0.6) is 0 Å². The monoisotopic (exact) mass is 188 g/mol. The Morgan fingerprint density at radius 3 is 2.79 bits per heavy atom. The standard InChI is InChI=1S/C10H8N2O2/c13-12(14)10-6-5-9(7-11-10)4-3-8-1-2-8/h5-8H,1-2H2. The van der Waals surface area contributed by atoms with E-state index < -0.39 is 4.92 Å². The van der Waals surface area contributed by atoms with Gasteiger partial charge in [-0.15, -0.1) is 0 Å². The molecule has 1 saturated carbocycles. The molecule has 0 unspecified atom stereocenters. The van der Waals surface area contributed by atoms with Crippen LogP contribution in [0.15, 0.2) is 18.3 Å². The maximum absolute atomic E-state index is 10.3. The highest BCUT2D eigenvalue weighted by Crippen LogP contribution is 2.27. The summed E-state index contributed by atoms with van der Waals surface area (Å²) >= 11 is 0. The molecule has 1 aromatic heterocycles. The number of hydrogen-bond acceptors (Lipinski definition) is 3. The molecule has 0 radical (unpaired) electrons. The van der Waals surface area contributed by atoms with Gasteiger partial charge in [-0.1, -0.05) is 11.8 Å². The van der Waals surface area contributed by atoms with Crippen LogP contribution in [0, 0.1) is 27.9 Å². The molecule has 0 aromatic carbocycles. The molecule has 1 aliphatic rings. The highest BCUT2D eigenvalue weighted by molar-refractivity contribution is 5.36. The predicted octanol–water partition coefficient (Wildman–Crippen LogP) is 1.75. The van der Waals surface area contributed by atoms with Gasteiger partial charge in [-0.05, 0) is 28.8 Å². The highest BCUT2D eigenvalue weighted by Gasteiger charge is 2.17. The summed E-state index contributed by atoms with van der Waals surface area (Å²) in [7, 11) is 0. The molecular weight excluding hydrogens is 180 g/mol. The van der Waals surface area contributed by atoms with Crippen molar-refractivity contribution in [3.8, 4) is 11.8 Å². The minimum atomic E-state index is -0.516. The summed E-state index contributed by atoms with van der Waals surface area (Å²) in [4.78, 5) is 13.5. The fourth-order valence-electron chi connectivity index (χ4n) is 0.981. The Labute approximate surface area is 81.1 Å². The number of rotatable bonds is 1. The van der Waals surface area contributed by atoms with Crippen molar-refractivity contribution in [3.05, 3.63) is 34.0 Å². The van der Waals surface area contributed by atoms with Gasteiger partial charge in [-0.25, -0.2) is 0 Å². The van der Waals surface area contributed by atoms with Crippen molar-refractivity contribution in [1.82, 2.24) is 4.98 Å². The van der Waals surface area contributed by atoms with Crippen LogP contribution in [-0.2, 0) is 0 Å². The summed E-state index contributed by atoms with van der Waals surface area (Å²) in [5.41, 5.74) is 0.738. The van der Waals surface area contributed by atoms with E-state index in [0.717, 1.165) is 5.56 Å². The van der Waals surface area contributed by atoms with Crippen molar-refractivity contribution in [2.75, 3.05) is 0 Å². The molecule has 0 N–H and O–H groups in total. The molecule has 0 atom stereocenters. The molecular formula is C10H8N2O2. The van der Waals surface area contributed by atoms with Gasteiger partial charge in [-0.3, -0.25) is 0 Å². The summed E-state index contributed by atoms with van der Waals surface area (Å²) in [5, 5.41) is 10.3. The molecule has 0 saturated heterocycles. The van der Waals surface area contributed by atoms with Crippen molar-refractivity contribution in [2.45, 2.75) is 12.8 Å². The van der Waals surface area contributed by atoms with Gasteiger partial charge in [0.05, 0.1) is 5.56 Å². The van der Waals surface area contributed by atoms with Gasteiger partial charge in [0, 0.05) is 12.0 Å². The second-order valence-corrected chi connectivity index (χ2v) is 3.21. The summed E-state index contributed by atoms with van der Waals surface area (Å²) < 4.78 is 0. The first-order valence-corrected chi connectivity index (χ1v) is 4.38. The number of nitro groups is 1. The molecule has 0 amide bonds. The number of nitrogens with zero attached hydrogens (tertiary/aromatic N) is 2. The fraction of sp³-hybridized carbons (Fsp3) is 0.300. The van der Waals surface area contributed by atoms with Gasteiger partial charge in [0.25, 0.3) is 0 Å². The van der Waals surface area contributed by atoms with E-state index in [1.165, 1.54) is 25.1 Å². The van der Waals surface area contributed by atoms with E-state index in [-0.39, 0.29) is 5.82 Å². The van der Waals surface area contributed by atoms with Crippen molar-refractivity contribution in [1.29, 1.82) is 0 Å². The molecule has 1 aromatic rings. The van der Waals surface area contributed by atoms with Crippen LogP contribution in [0.3, 0.4) is 0 Å². The molecule has 0 aliphatic heterocycles. The van der Waals surface area contributed by atoms with Crippen molar-refractivity contribution < 1.29 is 4.92 Å². The van der Waals surface area contributed by atoms with Crippen LogP contribution in [0.4, 0.5) is 5.82 Å². The molecule has 4 nitrogen and oxygen atoms in total. The second kappa shape index (κ2) is 3.46. The Morgan fingerprint density at radius 1 is 1.50 bits per heavy atom. The smallest absolute Gasteiger partial charge is 0.358 e. The van der Waals surface area contributed by atoms with E-state index in [1.54, 1.807) is 6.07 Å². The molecule has 1 aliphatic carbocycles. The van der Waals surface area contributed by atoms with Crippen molar-refractivity contribution >= 4 is 5.82 Å². The molecule has 70 valence electrons. The minimum Gasteiger partial charge on any atom is -0.358 e. The van der Waals surface area contributed by atoms with E-state index >= 15 is 0 Å². The number of hydrogen-bond donors (Lipinski definition) is 0. The van der Waals surface area contributed by atoms with Gasteiger partial charge in [0.15, 0.2) is 6.20 Å². The molecule has 4 heteroatoms. The van der Waals surface area contributed by atoms with Gasteiger partial charge >= 0.3 is 5.82 Å². The molecule has 14 heavy (non-hydrogen) atoms. The fourth-order valence-corrected chi connectivity index (χ4v) is 0.981. The average molecular weight is 188 g/mol. The normalized spacial score (nSPS) is 14.3. The third-order valence-electron chi connectivity index (χ3n) is 1.93. The summed E-state index contributed by atoms with van der Waals surface area (Å²) in [5.74, 6) is 6.39. The predicted molar refractivity (Wildman–Crippen MR) is 50.5 cm³/mol. The van der Waals surface area contributed by atoms with Crippen molar-refractivity contribution in [2.24, 2.45) is 5.92 Å². The minimum absolute atomic E-state index is 0.137. The zero-order chi connectivity index (χ0) is 9.97. The Kier molecular flexibility index (Phi) is 2.15. The SMILES string of the molecule is O=[N+]([O-])c1ccc(C#CC2CC2)cn1. The molecule has 1 heterocycles. The summed E-state index contributed by atoms with van der Waals surface area (Å²) in [6.07, 6.45) is 3.79. The molecule has 2 rings (SSSR count). The van der Waals surface area contributed by atoms with Crippen LogP contribution in [0.1, 0.15) is 18.4 Å². The van der Waals surface area contributed by atoms with Crippen LogP contribution in [0.25, 0.3) is 0 Å². The third-order valence-corrected chi connectivity index (χ3v) is 1.93. The first-order chi connectivity index (χ1) is 6.75. The van der Waals surface area contributed by atoms with E-state index in [0.29, 0.717) is 5.92 Å². The topological polar surface area (TPSA) is 56.0 Å². The van der Waals surface area contributed by atoms with Crippen molar-refractivity contribution in [3.63, 3.8) is 0 Å². The largest absolute Gasteiger partial charge is 0.363 e. The molecule has 1 fully saturated rings. The number of aromatic nitrogens is 1. The third kappa shape index (κ3) is 2.07. The Balaban J connectivity index is 2.14. The molecule has 0 bridgehead atoms. The second-order valence-electron chi connectivity index (χ2n) is 3.21. The van der Waals surface area contributed by atoms with E-state index in [2.05, 4.69) is 16.8 Å². The average Bonchev–Trinajstić information content (AvgIpc) is 2.99. The lowest BCUT2D eigenvalue weighted by Crippen LogP contribution is -1.91. The first kappa shape index (κ1) is 8.70. The van der Waals surface area contributed by atoms with E-state index in [4.69, 9.17) is 0 Å². The van der Waals surface area contributed by atoms with Crippen LogP contribution in [0.2, 0.25) is 0 Å². The Hall–Kier alpha value is -1.89. The summed E-state index contributed by atoms with van der Waals surface area (Å²) in [6, 6.07) is 3.00. The lowest BCUT2D eigenvalue weighted by Gasteiger charge is -1.89. The van der Waals surface area contributed by atoms with Gasteiger partial charge in [-0.2, -0.15) is 0 Å². The lowest BCUT2D eigenvalue weighted by molar-refractivity contribution is -0.389. The van der Waals surface area contributed by atoms with Gasteiger partial charge in [0.2, 0.25) is 0 Å². The summed E-state index contributed by atoms with van der Waals surface area (Å²) in [6.45, 7) is 0.